The van der Waals surface area contributed by atoms with Crippen LogP contribution in [-0.4, -0.2) is 30.6 Å². The Morgan fingerprint density at radius 2 is 1.62 bits per heavy atom. The molecule has 118 valence electrons. The lowest BCUT2D eigenvalue weighted by Crippen LogP contribution is -2.44. The zero-order valence-electron chi connectivity index (χ0n) is 13.9. The second kappa shape index (κ2) is 9.22. The minimum absolute atomic E-state index is 0.450. The normalized spacial score (nSPS) is 20.5. The van der Waals surface area contributed by atoms with E-state index in [2.05, 4.69) is 54.4 Å². The lowest BCUT2D eigenvalue weighted by molar-refractivity contribution is 0.155. The zero-order chi connectivity index (χ0) is 14.9. The molecule has 1 aliphatic rings. The van der Waals surface area contributed by atoms with E-state index in [9.17, 15) is 0 Å². The Hall–Kier alpha value is -0.860. The van der Waals surface area contributed by atoms with Gasteiger partial charge in [0.25, 0.3) is 0 Å². The molecule has 1 aromatic carbocycles. The van der Waals surface area contributed by atoms with Crippen molar-refractivity contribution in [3.8, 4) is 0 Å². The Labute approximate surface area is 130 Å². The number of nitrogens with zero attached hydrogens (tertiary/aromatic N) is 1. The van der Waals surface area contributed by atoms with Crippen molar-refractivity contribution >= 4 is 0 Å². The summed E-state index contributed by atoms with van der Waals surface area (Å²) in [4.78, 5) is 2.71. The predicted molar refractivity (Wildman–Crippen MR) is 91.6 cm³/mol. The average Bonchev–Trinajstić information content (AvgIpc) is 2.48. The van der Waals surface area contributed by atoms with E-state index < -0.39 is 0 Å². The van der Waals surface area contributed by atoms with Gasteiger partial charge >= 0.3 is 0 Å². The number of hydrogen-bond donors (Lipinski definition) is 1. The van der Waals surface area contributed by atoms with Crippen molar-refractivity contribution in [1.82, 2.24) is 10.2 Å². The lowest BCUT2D eigenvalue weighted by Gasteiger charge is -2.36. The maximum absolute atomic E-state index is 3.78. The van der Waals surface area contributed by atoms with Gasteiger partial charge < -0.3 is 5.32 Å². The highest BCUT2D eigenvalue weighted by Crippen LogP contribution is 2.23. The van der Waals surface area contributed by atoms with E-state index >= 15 is 0 Å². The van der Waals surface area contributed by atoms with Crippen LogP contribution < -0.4 is 5.32 Å². The van der Waals surface area contributed by atoms with Crippen LogP contribution in [0.15, 0.2) is 30.3 Å². The van der Waals surface area contributed by atoms with Gasteiger partial charge in [-0.15, -0.1) is 0 Å². The first kappa shape index (κ1) is 16.5. The van der Waals surface area contributed by atoms with E-state index in [0.717, 1.165) is 6.54 Å². The first-order valence-electron chi connectivity index (χ1n) is 8.85. The predicted octanol–water partition coefficient (Wildman–Crippen LogP) is 4.38. The quantitative estimate of drug-likeness (QED) is 0.835. The van der Waals surface area contributed by atoms with Crippen molar-refractivity contribution in [2.75, 3.05) is 19.6 Å². The maximum Gasteiger partial charge on any atom is 0.0475 e. The van der Waals surface area contributed by atoms with Gasteiger partial charge in [0.1, 0.15) is 0 Å². The second-order valence-electron chi connectivity index (χ2n) is 6.39. The summed E-state index contributed by atoms with van der Waals surface area (Å²) in [7, 11) is 0. The van der Waals surface area contributed by atoms with Crippen LogP contribution in [0.5, 0.6) is 0 Å². The average molecular weight is 288 g/mol. The third-order valence-corrected chi connectivity index (χ3v) is 4.72. The maximum atomic E-state index is 3.78. The van der Waals surface area contributed by atoms with Crippen LogP contribution in [0, 0.1) is 0 Å². The van der Waals surface area contributed by atoms with Crippen molar-refractivity contribution in [2.24, 2.45) is 0 Å². The molecule has 1 aromatic rings. The van der Waals surface area contributed by atoms with Crippen LogP contribution in [0.25, 0.3) is 0 Å². The van der Waals surface area contributed by atoms with Crippen LogP contribution in [-0.2, 0) is 0 Å². The van der Waals surface area contributed by atoms with Gasteiger partial charge in [0.15, 0.2) is 0 Å². The largest absolute Gasteiger partial charge is 0.309 e. The molecule has 2 rings (SSSR count). The molecule has 1 N–H and O–H groups in total. The molecule has 21 heavy (non-hydrogen) atoms. The topological polar surface area (TPSA) is 15.3 Å². The highest BCUT2D eigenvalue weighted by atomic mass is 15.2. The van der Waals surface area contributed by atoms with E-state index in [1.807, 2.05) is 0 Å². The second-order valence-corrected chi connectivity index (χ2v) is 6.39. The molecule has 0 radical (unpaired) electrons. The molecule has 0 aliphatic carbocycles. The van der Waals surface area contributed by atoms with Crippen molar-refractivity contribution in [2.45, 2.75) is 64.5 Å². The van der Waals surface area contributed by atoms with E-state index in [1.54, 1.807) is 0 Å². The molecular formula is C19H32N2. The van der Waals surface area contributed by atoms with Crippen LogP contribution in [0.2, 0.25) is 0 Å². The SMILES string of the molecule is CCCNC(c1ccccc1)C(C)N1CCCCCCC1. The van der Waals surface area contributed by atoms with E-state index in [0.29, 0.717) is 12.1 Å². The summed E-state index contributed by atoms with van der Waals surface area (Å²) in [6.45, 7) is 8.27. The molecule has 0 amide bonds. The summed E-state index contributed by atoms with van der Waals surface area (Å²) in [5, 5.41) is 3.78. The van der Waals surface area contributed by atoms with Crippen molar-refractivity contribution in [3.05, 3.63) is 35.9 Å². The van der Waals surface area contributed by atoms with Gasteiger partial charge in [-0.1, -0.05) is 56.5 Å². The molecular weight excluding hydrogens is 256 g/mol. The molecule has 2 heteroatoms. The first-order chi connectivity index (χ1) is 10.3. The monoisotopic (exact) mass is 288 g/mol. The van der Waals surface area contributed by atoms with Crippen molar-refractivity contribution in [1.29, 1.82) is 0 Å². The van der Waals surface area contributed by atoms with Gasteiger partial charge in [-0.25, -0.2) is 0 Å². The van der Waals surface area contributed by atoms with Gasteiger partial charge in [-0.3, -0.25) is 4.90 Å². The van der Waals surface area contributed by atoms with E-state index in [-0.39, 0.29) is 0 Å². The van der Waals surface area contributed by atoms with Crippen LogP contribution in [0.1, 0.15) is 64.0 Å². The summed E-state index contributed by atoms with van der Waals surface area (Å²) < 4.78 is 0. The smallest absolute Gasteiger partial charge is 0.0475 e. The zero-order valence-corrected chi connectivity index (χ0v) is 13.9. The molecule has 0 aromatic heterocycles. The Balaban J connectivity index is 2.06. The van der Waals surface area contributed by atoms with Crippen molar-refractivity contribution in [3.63, 3.8) is 0 Å². The summed E-state index contributed by atoms with van der Waals surface area (Å²) >= 11 is 0. The molecule has 1 aliphatic heterocycles. The fourth-order valence-corrected chi connectivity index (χ4v) is 3.42. The van der Waals surface area contributed by atoms with Gasteiger partial charge in [0.2, 0.25) is 0 Å². The van der Waals surface area contributed by atoms with Crippen LogP contribution in [0.3, 0.4) is 0 Å². The number of likely N-dealkylation sites (tertiary alicyclic amines) is 1. The Bertz CT molecular complexity index is 368. The first-order valence-corrected chi connectivity index (χ1v) is 8.85. The highest BCUT2D eigenvalue weighted by Gasteiger charge is 2.24. The third-order valence-electron chi connectivity index (χ3n) is 4.72. The fourth-order valence-electron chi connectivity index (χ4n) is 3.42. The van der Waals surface area contributed by atoms with Gasteiger partial charge in [0.05, 0.1) is 0 Å². The molecule has 2 unspecified atom stereocenters. The van der Waals surface area contributed by atoms with Gasteiger partial charge in [-0.2, -0.15) is 0 Å². The number of nitrogens with one attached hydrogen (secondary N) is 1. The van der Waals surface area contributed by atoms with Gasteiger partial charge in [0, 0.05) is 12.1 Å². The number of benzene rings is 1. The third kappa shape index (κ3) is 5.12. The minimum atomic E-state index is 0.450. The Morgan fingerprint density at radius 1 is 1.00 bits per heavy atom. The van der Waals surface area contributed by atoms with Crippen molar-refractivity contribution < 1.29 is 0 Å². The Morgan fingerprint density at radius 3 is 2.24 bits per heavy atom. The lowest BCUT2D eigenvalue weighted by atomic mass is 9.97. The van der Waals surface area contributed by atoms with Gasteiger partial charge in [-0.05, 0) is 51.4 Å². The Kier molecular flexibility index (Phi) is 7.25. The molecule has 2 atom stereocenters. The molecule has 0 bridgehead atoms. The molecule has 0 saturated carbocycles. The fraction of sp³-hybridized carbons (Fsp3) is 0.684. The molecule has 1 heterocycles. The van der Waals surface area contributed by atoms with Crippen LogP contribution >= 0.6 is 0 Å². The summed E-state index contributed by atoms with van der Waals surface area (Å²) in [6.07, 6.45) is 8.15. The van der Waals surface area contributed by atoms with E-state index in [4.69, 9.17) is 0 Å². The minimum Gasteiger partial charge on any atom is -0.309 e. The molecule has 1 saturated heterocycles. The van der Waals surface area contributed by atoms with Crippen LogP contribution in [0.4, 0.5) is 0 Å². The summed E-state index contributed by atoms with van der Waals surface area (Å²) in [5.41, 5.74) is 1.43. The number of hydrogen-bond acceptors (Lipinski definition) is 2. The molecule has 2 nitrogen and oxygen atoms in total. The standard InChI is InChI=1S/C19H32N2/c1-3-14-20-19(18-12-8-7-9-13-18)17(2)21-15-10-5-4-6-11-16-21/h7-9,12-13,17,19-20H,3-6,10-11,14-16H2,1-2H3. The molecule has 0 spiro atoms. The van der Waals surface area contributed by atoms with E-state index in [1.165, 1.54) is 57.2 Å². The number of rotatable bonds is 6. The highest BCUT2D eigenvalue weighted by molar-refractivity contribution is 5.20. The summed E-state index contributed by atoms with van der Waals surface area (Å²) in [6, 6.07) is 12.0. The molecule has 1 fully saturated rings. The summed E-state index contributed by atoms with van der Waals surface area (Å²) in [5.74, 6) is 0.